The molecule has 0 radical (unpaired) electrons. The molecular weight excluding hydrogens is 558 g/mol. The summed E-state index contributed by atoms with van der Waals surface area (Å²) >= 11 is 0. The number of ketones is 1. The lowest BCUT2D eigenvalue weighted by Gasteiger charge is -2.36. The number of anilines is 3. The van der Waals surface area contributed by atoms with Crippen LogP contribution < -0.4 is 26.2 Å². The van der Waals surface area contributed by atoms with Gasteiger partial charge in [0.2, 0.25) is 10.0 Å². The molecular formula is C31H33N3O7S. The van der Waals surface area contributed by atoms with Crippen LogP contribution in [0.15, 0.2) is 58.1 Å². The minimum atomic E-state index is -4.27. The number of carboxylic acids is 1. The molecule has 0 heterocycles. The van der Waals surface area contributed by atoms with E-state index >= 15 is 0 Å². The molecule has 10 nitrogen and oxygen atoms in total. The molecule has 11 heteroatoms. The third-order valence-corrected chi connectivity index (χ3v) is 12.0. The summed E-state index contributed by atoms with van der Waals surface area (Å²) in [6.45, 7) is 3.58. The van der Waals surface area contributed by atoms with E-state index in [-0.39, 0.29) is 42.7 Å². The Balaban J connectivity index is 1.17. The van der Waals surface area contributed by atoms with Crippen LogP contribution in [0.5, 0.6) is 0 Å². The SMILES string of the molecule is CC1(C)C2CC[C@]1(S(=O)(=O)N[C@@H](Cc1ccc(-c3cccc(Nc4c(NC5CC5)c(=O)c4=O)c3)cc1)C(=O)O)C(=O)C2. The average Bonchev–Trinajstić information content (AvgIpc) is 3.71. The molecule has 1 unspecified atom stereocenters. The smallest absolute Gasteiger partial charge is 0.322 e. The summed E-state index contributed by atoms with van der Waals surface area (Å²) in [5.74, 6) is -1.67. The van der Waals surface area contributed by atoms with Crippen LogP contribution in [0.25, 0.3) is 11.1 Å². The standard InChI is InChI=1S/C31H33N3O7S/c1-30(2)20-12-13-31(30,24(35)16-20)42(40,41)34-23(29(38)39)14-17-6-8-18(9-7-17)19-4-3-5-22(15-19)33-26-25(27(36)28(26)37)32-21-10-11-21/h3-9,15,20-21,23,32-34H,10-14,16H2,1-2H3,(H,38,39)/t20?,23-,31-/m0/s1. The summed E-state index contributed by atoms with van der Waals surface area (Å²) in [6, 6.07) is 13.2. The quantitative estimate of drug-likeness (QED) is 0.245. The van der Waals surface area contributed by atoms with Crippen molar-refractivity contribution in [1.82, 2.24) is 4.72 Å². The zero-order valence-electron chi connectivity index (χ0n) is 23.4. The van der Waals surface area contributed by atoms with E-state index in [0.717, 1.165) is 24.0 Å². The van der Waals surface area contributed by atoms with Crippen LogP contribution in [0, 0.1) is 11.3 Å². The van der Waals surface area contributed by atoms with Crippen molar-refractivity contribution < 1.29 is 23.1 Å². The van der Waals surface area contributed by atoms with Crippen LogP contribution in [0.3, 0.4) is 0 Å². The molecule has 0 amide bonds. The summed E-state index contributed by atoms with van der Waals surface area (Å²) < 4.78 is 27.9. The molecule has 3 aromatic carbocycles. The summed E-state index contributed by atoms with van der Waals surface area (Å²) in [7, 11) is -4.27. The first kappa shape index (κ1) is 28.3. The van der Waals surface area contributed by atoms with Crippen molar-refractivity contribution in [2.75, 3.05) is 10.6 Å². The van der Waals surface area contributed by atoms with Crippen molar-refractivity contribution >= 4 is 38.8 Å². The Bertz CT molecular complexity index is 1770. The number of Topliss-reactive ketones (excluding diaryl/α,β-unsaturated/α-hetero) is 1. The molecule has 0 aromatic heterocycles. The van der Waals surface area contributed by atoms with E-state index in [1.54, 1.807) is 32.0 Å². The van der Waals surface area contributed by atoms with Gasteiger partial charge in [0.05, 0.1) is 0 Å². The highest BCUT2D eigenvalue weighted by Gasteiger charge is 2.71. The van der Waals surface area contributed by atoms with E-state index in [9.17, 15) is 32.7 Å². The van der Waals surface area contributed by atoms with Crippen molar-refractivity contribution in [3.63, 3.8) is 0 Å². The van der Waals surface area contributed by atoms with Gasteiger partial charge >= 0.3 is 5.97 Å². The number of hydrogen-bond acceptors (Lipinski definition) is 8. The highest BCUT2D eigenvalue weighted by molar-refractivity contribution is 7.91. The number of hydrogen-bond donors (Lipinski definition) is 4. The minimum Gasteiger partial charge on any atom is -0.480 e. The summed E-state index contributed by atoms with van der Waals surface area (Å²) in [6.07, 6.45) is 2.89. The molecule has 2 bridgehead atoms. The maximum atomic E-state index is 13.6. The van der Waals surface area contributed by atoms with E-state index in [0.29, 0.717) is 23.4 Å². The number of aliphatic carboxylic acids is 1. The van der Waals surface area contributed by atoms with E-state index in [1.165, 1.54) is 0 Å². The van der Waals surface area contributed by atoms with Crippen LogP contribution in [0.1, 0.15) is 51.5 Å². The number of benzene rings is 2. The molecule has 3 aliphatic rings. The first-order chi connectivity index (χ1) is 19.8. The van der Waals surface area contributed by atoms with Gasteiger partial charge in [-0.1, -0.05) is 50.2 Å². The largest absolute Gasteiger partial charge is 0.480 e. The van der Waals surface area contributed by atoms with Gasteiger partial charge in [0, 0.05) is 18.2 Å². The van der Waals surface area contributed by atoms with Gasteiger partial charge in [-0.05, 0) is 72.3 Å². The second kappa shape index (κ2) is 9.88. The Morgan fingerprint density at radius 1 is 0.976 bits per heavy atom. The Kier molecular flexibility index (Phi) is 6.65. The van der Waals surface area contributed by atoms with Crippen molar-refractivity contribution in [1.29, 1.82) is 0 Å². The van der Waals surface area contributed by atoms with Gasteiger partial charge in [0.1, 0.15) is 22.2 Å². The molecule has 42 heavy (non-hydrogen) atoms. The number of nitrogens with one attached hydrogen (secondary N) is 3. The normalized spacial score (nSPS) is 23.7. The number of carboxylic acid groups (broad SMARTS) is 1. The maximum Gasteiger partial charge on any atom is 0.322 e. The third-order valence-electron chi connectivity index (χ3n) is 9.54. The maximum absolute atomic E-state index is 13.6. The molecule has 3 fully saturated rings. The van der Waals surface area contributed by atoms with E-state index in [2.05, 4.69) is 15.4 Å². The first-order valence-electron chi connectivity index (χ1n) is 14.2. The van der Waals surface area contributed by atoms with Crippen LogP contribution in [0.4, 0.5) is 17.1 Å². The topological polar surface area (TPSA) is 159 Å². The lowest BCUT2D eigenvalue weighted by atomic mass is 9.81. The zero-order valence-corrected chi connectivity index (χ0v) is 24.2. The second-order valence-electron chi connectivity index (χ2n) is 12.4. The predicted molar refractivity (Wildman–Crippen MR) is 159 cm³/mol. The van der Waals surface area contributed by atoms with Gasteiger partial charge < -0.3 is 15.7 Å². The molecule has 3 saturated carbocycles. The summed E-state index contributed by atoms with van der Waals surface area (Å²) in [5.41, 5.74) is 1.67. The predicted octanol–water partition coefficient (Wildman–Crippen LogP) is 3.33. The third kappa shape index (κ3) is 4.46. The number of carbonyl (C=O) groups is 2. The highest BCUT2D eigenvalue weighted by Crippen LogP contribution is 2.61. The lowest BCUT2D eigenvalue weighted by molar-refractivity contribution is -0.139. The number of sulfonamides is 1. The van der Waals surface area contributed by atoms with Gasteiger partial charge in [-0.15, -0.1) is 0 Å². The Labute approximate surface area is 243 Å². The minimum absolute atomic E-state index is 0.0269. The molecule has 3 aromatic rings. The Hall–Kier alpha value is -3.83. The van der Waals surface area contributed by atoms with Crippen molar-refractivity contribution in [2.24, 2.45) is 11.3 Å². The van der Waals surface area contributed by atoms with Crippen LogP contribution in [0.2, 0.25) is 0 Å². The van der Waals surface area contributed by atoms with E-state index < -0.39 is 43.1 Å². The average molecular weight is 592 g/mol. The first-order valence-corrected chi connectivity index (χ1v) is 15.7. The fourth-order valence-electron chi connectivity index (χ4n) is 6.80. The number of rotatable bonds is 11. The molecule has 4 N–H and O–H groups in total. The molecule has 220 valence electrons. The van der Waals surface area contributed by atoms with Crippen LogP contribution in [-0.2, 0) is 26.0 Å². The molecule has 0 spiro atoms. The van der Waals surface area contributed by atoms with Gasteiger partial charge in [0.15, 0.2) is 5.78 Å². The summed E-state index contributed by atoms with van der Waals surface area (Å²) in [5, 5.41) is 16.1. The lowest BCUT2D eigenvalue weighted by Crippen LogP contribution is -2.58. The molecule has 6 rings (SSSR count). The van der Waals surface area contributed by atoms with Gasteiger partial charge in [0.25, 0.3) is 10.9 Å². The van der Waals surface area contributed by atoms with Crippen molar-refractivity contribution in [3.05, 3.63) is 74.5 Å². The van der Waals surface area contributed by atoms with Gasteiger partial charge in [-0.2, -0.15) is 4.72 Å². The fourth-order valence-corrected chi connectivity index (χ4v) is 9.19. The molecule has 3 aliphatic carbocycles. The monoisotopic (exact) mass is 591 g/mol. The van der Waals surface area contributed by atoms with Crippen LogP contribution in [-0.4, -0.2) is 42.1 Å². The second-order valence-corrected chi connectivity index (χ2v) is 14.3. The van der Waals surface area contributed by atoms with E-state index in [1.807, 2.05) is 30.3 Å². The fraction of sp³-hybridized carbons (Fsp3) is 0.419. The van der Waals surface area contributed by atoms with Crippen molar-refractivity contribution in [3.8, 4) is 11.1 Å². The number of carbonyl (C=O) groups excluding carboxylic acids is 1. The highest BCUT2D eigenvalue weighted by atomic mass is 32.2. The molecule has 0 aliphatic heterocycles. The zero-order chi connectivity index (χ0) is 30.0. The van der Waals surface area contributed by atoms with Crippen molar-refractivity contribution in [2.45, 2.75) is 69.2 Å². The van der Waals surface area contributed by atoms with Gasteiger partial charge in [-0.3, -0.25) is 19.2 Å². The number of fused-ring (bicyclic) bond motifs is 2. The summed E-state index contributed by atoms with van der Waals surface area (Å²) in [4.78, 5) is 49.2. The van der Waals surface area contributed by atoms with Gasteiger partial charge in [-0.25, -0.2) is 8.42 Å². The molecule has 3 atom stereocenters. The molecule has 0 saturated heterocycles. The Morgan fingerprint density at radius 2 is 1.67 bits per heavy atom. The van der Waals surface area contributed by atoms with Crippen LogP contribution >= 0.6 is 0 Å². The van der Waals surface area contributed by atoms with E-state index in [4.69, 9.17) is 0 Å². The Morgan fingerprint density at radius 3 is 2.26 bits per heavy atom.